The van der Waals surface area contributed by atoms with Gasteiger partial charge in [-0.2, -0.15) is 0 Å². The van der Waals surface area contributed by atoms with Gasteiger partial charge in [0, 0.05) is 6.04 Å². The van der Waals surface area contributed by atoms with E-state index in [0.717, 1.165) is 5.82 Å². The maximum atomic E-state index is 11.0. The van der Waals surface area contributed by atoms with Crippen molar-refractivity contribution in [2.75, 3.05) is 10.6 Å². The van der Waals surface area contributed by atoms with Crippen molar-refractivity contribution in [3.8, 4) is 0 Å². The third-order valence-electron chi connectivity index (χ3n) is 1.65. The van der Waals surface area contributed by atoms with Crippen LogP contribution in [0.15, 0.2) is 31.0 Å². The van der Waals surface area contributed by atoms with Crippen LogP contribution in [0.4, 0.5) is 11.5 Å². The van der Waals surface area contributed by atoms with Crippen molar-refractivity contribution in [3.63, 3.8) is 0 Å². The van der Waals surface area contributed by atoms with Crippen LogP contribution < -0.4 is 10.6 Å². The molecule has 1 heterocycles. The highest BCUT2D eigenvalue weighted by Gasteiger charge is 1.99. The summed E-state index contributed by atoms with van der Waals surface area (Å²) in [6.07, 6.45) is 2.83. The Morgan fingerprint density at radius 3 is 2.73 bits per heavy atom. The number of pyridine rings is 1. The number of rotatable bonds is 4. The smallest absolute Gasteiger partial charge is 0.247 e. The first kappa shape index (κ1) is 11.2. The lowest BCUT2D eigenvalue weighted by Crippen LogP contribution is -2.11. The third kappa shape index (κ3) is 3.81. The van der Waals surface area contributed by atoms with Gasteiger partial charge in [0.1, 0.15) is 5.82 Å². The lowest BCUT2D eigenvalue weighted by atomic mass is 10.3. The second kappa shape index (κ2) is 5.14. The molecular formula is C11H15N3O. The molecular weight excluding hydrogens is 190 g/mol. The standard InChI is InChI=1S/C11H15N3O/c1-4-11(15)14-9-5-6-10(12-7-9)13-8(2)3/h4-8H,1H2,2-3H3,(H,12,13)(H,14,15). The minimum absolute atomic E-state index is 0.235. The van der Waals surface area contributed by atoms with Gasteiger partial charge in [-0.05, 0) is 32.1 Å². The van der Waals surface area contributed by atoms with Crippen LogP contribution in [0.1, 0.15) is 13.8 Å². The number of hydrogen-bond acceptors (Lipinski definition) is 3. The van der Waals surface area contributed by atoms with Crippen LogP contribution in [0.2, 0.25) is 0 Å². The Morgan fingerprint density at radius 1 is 1.53 bits per heavy atom. The number of amides is 1. The fraction of sp³-hybridized carbons (Fsp3) is 0.273. The van der Waals surface area contributed by atoms with Crippen LogP contribution in [0, 0.1) is 0 Å². The van der Waals surface area contributed by atoms with Crippen molar-refractivity contribution in [3.05, 3.63) is 31.0 Å². The van der Waals surface area contributed by atoms with Gasteiger partial charge < -0.3 is 10.6 Å². The normalized spacial score (nSPS) is 9.80. The molecule has 1 rings (SSSR count). The van der Waals surface area contributed by atoms with Gasteiger partial charge >= 0.3 is 0 Å². The minimum atomic E-state index is -0.235. The van der Waals surface area contributed by atoms with E-state index < -0.39 is 0 Å². The van der Waals surface area contributed by atoms with Crippen molar-refractivity contribution in [2.45, 2.75) is 19.9 Å². The zero-order valence-corrected chi connectivity index (χ0v) is 8.95. The number of anilines is 2. The van der Waals surface area contributed by atoms with Gasteiger partial charge in [0.2, 0.25) is 5.91 Å². The monoisotopic (exact) mass is 205 g/mol. The molecule has 1 aromatic heterocycles. The quantitative estimate of drug-likeness (QED) is 0.739. The molecule has 80 valence electrons. The van der Waals surface area contributed by atoms with Crippen molar-refractivity contribution >= 4 is 17.4 Å². The summed E-state index contributed by atoms with van der Waals surface area (Å²) in [5.74, 6) is 0.558. The van der Waals surface area contributed by atoms with Crippen LogP contribution in [0.5, 0.6) is 0 Å². The van der Waals surface area contributed by atoms with Gasteiger partial charge in [0.15, 0.2) is 0 Å². The Kier molecular flexibility index (Phi) is 3.85. The van der Waals surface area contributed by atoms with E-state index in [4.69, 9.17) is 0 Å². The maximum absolute atomic E-state index is 11.0. The minimum Gasteiger partial charge on any atom is -0.368 e. The van der Waals surface area contributed by atoms with E-state index in [1.54, 1.807) is 12.3 Å². The van der Waals surface area contributed by atoms with E-state index in [-0.39, 0.29) is 5.91 Å². The molecule has 0 aromatic carbocycles. The molecule has 0 aliphatic heterocycles. The van der Waals surface area contributed by atoms with E-state index in [0.29, 0.717) is 11.7 Å². The predicted octanol–water partition coefficient (Wildman–Crippen LogP) is 2.03. The largest absolute Gasteiger partial charge is 0.368 e. The molecule has 2 N–H and O–H groups in total. The second-order valence-electron chi connectivity index (χ2n) is 3.42. The lowest BCUT2D eigenvalue weighted by molar-refractivity contribution is -0.111. The Morgan fingerprint density at radius 2 is 2.27 bits per heavy atom. The summed E-state index contributed by atoms with van der Waals surface area (Å²) < 4.78 is 0. The number of aromatic nitrogens is 1. The van der Waals surface area contributed by atoms with E-state index in [9.17, 15) is 4.79 Å². The van der Waals surface area contributed by atoms with Crippen LogP contribution in [0.25, 0.3) is 0 Å². The van der Waals surface area contributed by atoms with E-state index in [2.05, 4.69) is 22.2 Å². The number of hydrogen-bond donors (Lipinski definition) is 2. The molecule has 0 spiro atoms. The number of carbonyl (C=O) groups excluding carboxylic acids is 1. The van der Waals surface area contributed by atoms with Crippen molar-refractivity contribution in [1.82, 2.24) is 4.98 Å². The summed E-state index contributed by atoms with van der Waals surface area (Å²) >= 11 is 0. The molecule has 0 radical (unpaired) electrons. The van der Waals surface area contributed by atoms with Crippen molar-refractivity contribution < 1.29 is 4.79 Å². The highest BCUT2D eigenvalue weighted by molar-refractivity contribution is 5.98. The van der Waals surface area contributed by atoms with Gasteiger partial charge in [-0.3, -0.25) is 4.79 Å². The number of carbonyl (C=O) groups is 1. The fourth-order valence-corrected chi connectivity index (χ4v) is 1.04. The SMILES string of the molecule is C=CC(=O)Nc1ccc(NC(C)C)nc1. The Hall–Kier alpha value is -1.84. The highest BCUT2D eigenvalue weighted by atomic mass is 16.1. The Balaban J connectivity index is 2.63. The van der Waals surface area contributed by atoms with Crippen LogP contribution in [-0.2, 0) is 4.79 Å². The first-order valence-electron chi connectivity index (χ1n) is 4.78. The first-order chi connectivity index (χ1) is 7.11. The zero-order chi connectivity index (χ0) is 11.3. The number of nitrogens with one attached hydrogen (secondary N) is 2. The van der Waals surface area contributed by atoms with Crippen LogP contribution in [0.3, 0.4) is 0 Å². The summed E-state index contributed by atoms with van der Waals surface area (Å²) in [7, 11) is 0. The highest BCUT2D eigenvalue weighted by Crippen LogP contribution is 2.10. The molecule has 4 heteroatoms. The molecule has 0 saturated heterocycles. The average molecular weight is 205 g/mol. The molecule has 0 atom stereocenters. The summed E-state index contributed by atoms with van der Waals surface area (Å²) in [5, 5.41) is 5.78. The lowest BCUT2D eigenvalue weighted by Gasteiger charge is -2.09. The third-order valence-corrected chi connectivity index (χ3v) is 1.65. The summed E-state index contributed by atoms with van der Waals surface area (Å²) in [4.78, 5) is 15.1. The van der Waals surface area contributed by atoms with Crippen LogP contribution >= 0.6 is 0 Å². The predicted molar refractivity (Wildman–Crippen MR) is 61.8 cm³/mol. The van der Waals surface area contributed by atoms with Crippen molar-refractivity contribution in [1.29, 1.82) is 0 Å². The second-order valence-corrected chi connectivity index (χ2v) is 3.42. The molecule has 0 aliphatic rings. The molecule has 0 saturated carbocycles. The molecule has 0 bridgehead atoms. The zero-order valence-electron chi connectivity index (χ0n) is 8.95. The molecule has 0 aliphatic carbocycles. The van der Waals surface area contributed by atoms with E-state index >= 15 is 0 Å². The average Bonchev–Trinajstić information content (AvgIpc) is 2.20. The fourth-order valence-electron chi connectivity index (χ4n) is 1.04. The van der Waals surface area contributed by atoms with Gasteiger partial charge in [-0.15, -0.1) is 0 Å². The summed E-state index contributed by atoms with van der Waals surface area (Å²) in [5.41, 5.74) is 0.661. The molecule has 1 amide bonds. The van der Waals surface area contributed by atoms with E-state index in [1.165, 1.54) is 6.08 Å². The molecule has 1 aromatic rings. The van der Waals surface area contributed by atoms with Gasteiger partial charge in [-0.1, -0.05) is 6.58 Å². The van der Waals surface area contributed by atoms with Gasteiger partial charge in [0.05, 0.1) is 11.9 Å². The van der Waals surface area contributed by atoms with Crippen molar-refractivity contribution in [2.24, 2.45) is 0 Å². The Bertz CT molecular complexity index is 343. The first-order valence-corrected chi connectivity index (χ1v) is 4.78. The van der Waals surface area contributed by atoms with E-state index in [1.807, 2.05) is 19.9 Å². The molecule has 0 fully saturated rings. The molecule has 0 unspecified atom stereocenters. The molecule has 4 nitrogen and oxygen atoms in total. The maximum Gasteiger partial charge on any atom is 0.247 e. The topological polar surface area (TPSA) is 54.0 Å². The summed E-state index contributed by atoms with van der Waals surface area (Å²) in [6.45, 7) is 7.44. The van der Waals surface area contributed by atoms with Gasteiger partial charge in [0.25, 0.3) is 0 Å². The molecule has 15 heavy (non-hydrogen) atoms. The summed E-state index contributed by atoms with van der Waals surface area (Å²) in [6, 6.07) is 3.95. The van der Waals surface area contributed by atoms with Crippen LogP contribution in [-0.4, -0.2) is 16.9 Å². The van der Waals surface area contributed by atoms with Gasteiger partial charge in [-0.25, -0.2) is 4.98 Å². The Labute approximate surface area is 89.4 Å². The number of nitrogens with zero attached hydrogens (tertiary/aromatic N) is 1.